The monoisotopic (exact) mass is 475 g/mol. The van der Waals surface area contributed by atoms with E-state index >= 15 is 0 Å². The Kier molecular flexibility index (Phi) is 7.57. The number of rotatable bonds is 8. The van der Waals surface area contributed by atoms with Crippen molar-refractivity contribution in [3.8, 4) is 0 Å². The van der Waals surface area contributed by atoms with Gasteiger partial charge in [0.25, 0.3) is 0 Å². The number of aryl methyl sites for hydroxylation is 1. The van der Waals surface area contributed by atoms with Crippen molar-refractivity contribution in [1.82, 2.24) is 10.6 Å². The quantitative estimate of drug-likeness (QED) is 0.343. The molecule has 1 aliphatic heterocycles. The topological polar surface area (TPSA) is 126 Å². The van der Waals surface area contributed by atoms with Crippen LogP contribution in [0, 0.1) is 13.8 Å². The predicted molar refractivity (Wildman–Crippen MR) is 129 cm³/mol. The summed E-state index contributed by atoms with van der Waals surface area (Å²) in [4.78, 5) is 4.86. The molecule has 0 amide bonds. The highest BCUT2D eigenvalue weighted by Crippen LogP contribution is 2.24. The molecule has 0 saturated carbocycles. The summed E-state index contributed by atoms with van der Waals surface area (Å²) >= 11 is 0. The van der Waals surface area contributed by atoms with Crippen molar-refractivity contribution in [1.29, 1.82) is 0 Å². The molecule has 1 heterocycles. The molecule has 4 N–H and O–H groups in total. The van der Waals surface area contributed by atoms with Crippen LogP contribution in [0.25, 0.3) is 0 Å². The van der Waals surface area contributed by atoms with Crippen LogP contribution in [0.3, 0.4) is 0 Å². The Balaban J connectivity index is 1.58. The Morgan fingerprint density at radius 1 is 1.22 bits per heavy atom. The van der Waals surface area contributed by atoms with Crippen LogP contribution in [0.4, 0.5) is 0 Å². The second kappa shape index (κ2) is 10.2. The van der Waals surface area contributed by atoms with Crippen LogP contribution in [0.1, 0.15) is 29.2 Å². The summed E-state index contributed by atoms with van der Waals surface area (Å²) in [6.45, 7) is 5.12. The molecule has 2 aromatic rings. The summed E-state index contributed by atoms with van der Waals surface area (Å²) in [5.74, 6) is 1.02. The average molecular weight is 476 g/mol. The standard InChI is InChI=1S/C22H29N5O3S2/c1-15-7-4-10-19(16(15)2)20-14-21(27-22(23)26-20)24-11-6-12-25-31(28)17-8-5-9-18(13-17)32(3,29)30/h4-5,7-10,13-14,20,24,31H,6,11-12H2,1-3H3,(H3,23,26,27). The second-order valence-corrected chi connectivity index (χ2v) is 11.0. The van der Waals surface area contributed by atoms with Gasteiger partial charge in [-0.3, -0.25) is 0 Å². The first-order valence-electron chi connectivity index (χ1n) is 10.2. The van der Waals surface area contributed by atoms with Crippen molar-refractivity contribution >= 4 is 26.4 Å². The fourth-order valence-electron chi connectivity index (χ4n) is 3.31. The Hall–Kier alpha value is -2.85. The zero-order chi connectivity index (χ0) is 23.3. The molecule has 2 unspecified atom stereocenters. The highest BCUT2D eigenvalue weighted by Gasteiger charge is 2.18. The van der Waals surface area contributed by atoms with Gasteiger partial charge in [0.15, 0.2) is 15.8 Å². The van der Waals surface area contributed by atoms with Gasteiger partial charge >= 0.3 is 0 Å². The summed E-state index contributed by atoms with van der Waals surface area (Å²) < 4.78 is 39.9. The fraction of sp³-hybridized carbons (Fsp3) is 0.318. The minimum atomic E-state index is -3.35. The molecule has 32 heavy (non-hydrogen) atoms. The summed E-state index contributed by atoms with van der Waals surface area (Å²) in [7, 11) is -5.36. The number of sulfone groups is 1. The average Bonchev–Trinajstić information content (AvgIpc) is 2.74. The van der Waals surface area contributed by atoms with Crippen molar-refractivity contribution in [3.05, 3.63) is 71.1 Å². The molecule has 172 valence electrons. The van der Waals surface area contributed by atoms with Gasteiger partial charge in [0, 0.05) is 17.7 Å². The van der Waals surface area contributed by atoms with Gasteiger partial charge in [-0.25, -0.2) is 17.0 Å². The highest BCUT2D eigenvalue weighted by atomic mass is 32.2. The van der Waals surface area contributed by atoms with Crippen LogP contribution >= 0.6 is 0 Å². The maximum absolute atomic E-state index is 12.4. The Morgan fingerprint density at radius 2 is 1.97 bits per heavy atom. The van der Waals surface area contributed by atoms with Gasteiger partial charge in [0.2, 0.25) is 0 Å². The van der Waals surface area contributed by atoms with E-state index in [9.17, 15) is 12.6 Å². The zero-order valence-electron chi connectivity index (χ0n) is 18.4. The second-order valence-electron chi connectivity index (χ2n) is 7.65. The van der Waals surface area contributed by atoms with Gasteiger partial charge in [-0.15, -0.1) is 0 Å². The lowest BCUT2D eigenvalue weighted by Gasteiger charge is -2.24. The SMILES string of the molecule is Cc1cccc(C2C=C(NCCC/N=[SH](=O)\c3cccc(S(C)(=O)=O)c3)N=C(N)N2)c1C. The van der Waals surface area contributed by atoms with Crippen LogP contribution < -0.4 is 16.4 Å². The van der Waals surface area contributed by atoms with Crippen molar-refractivity contribution in [2.75, 3.05) is 19.3 Å². The van der Waals surface area contributed by atoms with Crippen LogP contribution in [0.15, 0.2) is 73.5 Å². The van der Waals surface area contributed by atoms with Crippen molar-refractivity contribution in [2.24, 2.45) is 15.1 Å². The third kappa shape index (κ3) is 6.10. The van der Waals surface area contributed by atoms with Crippen molar-refractivity contribution in [2.45, 2.75) is 36.1 Å². The summed E-state index contributed by atoms with van der Waals surface area (Å²) in [5, 5.41) is 6.44. The number of nitrogens with two attached hydrogens (primary N) is 1. The third-order valence-electron chi connectivity index (χ3n) is 5.19. The Bertz CT molecular complexity index is 1250. The normalized spacial score (nSPS) is 17.3. The van der Waals surface area contributed by atoms with E-state index in [1.54, 1.807) is 12.1 Å². The first kappa shape index (κ1) is 23.8. The Labute approximate surface area is 191 Å². The molecule has 0 radical (unpaired) electrons. The lowest BCUT2D eigenvalue weighted by molar-refractivity contribution is 0.601. The maximum Gasteiger partial charge on any atom is 0.195 e. The minimum absolute atomic E-state index is 0.0730. The van der Waals surface area contributed by atoms with E-state index in [-0.39, 0.29) is 10.9 Å². The molecule has 10 heteroatoms. The molecule has 0 saturated heterocycles. The number of guanidine groups is 1. The van der Waals surface area contributed by atoms with Gasteiger partial charge in [-0.05, 0) is 61.2 Å². The Morgan fingerprint density at radius 3 is 2.72 bits per heavy atom. The van der Waals surface area contributed by atoms with Crippen LogP contribution in [-0.2, 0) is 20.4 Å². The lowest BCUT2D eigenvalue weighted by atomic mass is 9.97. The van der Waals surface area contributed by atoms with E-state index in [0.29, 0.717) is 36.2 Å². The molecule has 0 aliphatic carbocycles. The summed E-state index contributed by atoms with van der Waals surface area (Å²) in [6.07, 6.45) is 3.76. The van der Waals surface area contributed by atoms with E-state index in [1.807, 2.05) is 12.1 Å². The number of aliphatic imine (C=N–C) groups is 1. The molecule has 3 rings (SSSR count). The van der Waals surface area contributed by atoms with Gasteiger partial charge in [0.05, 0.1) is 28.1 Å². The summed E-state index contributed by atoms with van der Waals surface area (Å²) in [6, 6.07) is 12.2. The van der Waals surface area contributed by atoms with Gasteiger partial charge < -0.3 is 16.4 Å². The number of thiol groups is 1. The molecule has 2 atom stereocenters. The van der Waals surface area contributed by atoms with Crippen LogP contribution in [0.5, 0.6) is 0 Å². The number of nitrogens with one attached hydrogen (secondary N) is 2. The number of hydrogen-bond acceptors (Lipinski definition) is 8. The smallest absolute Gasteiger partial charge is 0.195 e. The van der Waals surface area contributed by atoms with Crippen molar-refractivity contribution < 1.29 is 12.6 Å². The zero-order valence-corrected chi connectivity index (χ0v) is 20.1. The molecule has 1 aliphatic rings. The molecule has 0 spiro atoms. The van der Waals surface area contributed by atoms with E-state index in [0.717, 1.165) is 11.8 Å². The molecular weight excluding hydrogens is 446 g/mol. The highest BCUT2D eigenvalue weighted by molar-refractivity contribution is 7.90. The van der Waals surface area contributed by atoms with Gasteiger partial charge in [0.1, 0.15) is 5.82 Å². The summed E-state index contributed by atoms with van der Waals surface area (Å²) in [5.41, 5.74) is 9.54. The first-order chi connectivity index (χ1) is 15.1. The maximum atomic E-state index is 12.4. The van der Waals surface area contributed by atoms with E-state index < -0.39 is 20.4 Å². The first-order valence-corrected chi connectivity index (χ1v) is 13.3. The van der Waals surface area contributed by atoms with Gasteiger partial charge in [-0.2, -0.15) is 4.99 Å². The number of nitrogens with zero attached hydrogens (tertiary/aromatic N) is 2. The van der Waals surface area contributed by atoms with E-state index in [2.05, 4.69) is 46.0 Å². The molecule has 8 nitrogen and oxygen atoms in total. The number of hydrogen-bond donors (Lipinski definition) is 4. The van der Waals surface area contributed by atoms with Gasteiger partial charge in [-0.1, -0.05) is 24.3 Å². The minimum Gasteiger partial charge on any atom is -0.370 e. The largest absolute Gasteiger partial charge is 0.370 e. The molecular formula is C22H29N5O3S2. The molecule has 2 aromatic carbocycles. The van der Waals surface area contributed by atoms with Crippen LogP contribution in [-0.4, -0.2) is 37.9 Å². The predicted octanol–water partition coefficient (Wildman–Crippen LogP) is 2.21. The lowest BCUT2D eigenvalue weighted by Crippen LogP contribution is -2.38. The van der Waals surface area contributed by atoms with E-state index in [4.69, 9.17) is 5.73 Å². The molecule has 0 aromatic heterocycles. The molecule has 0 fully saturated rings. The third-order valence-corrected chi connectivity index (χ3v) is 7.47. The van der Waals surface area contributed by atoms with Crippen molar-refractivity contribution in [3.63, 3.8) is 0 Å². The fourth-order valence-corrected chi connectivity index (χ4v) is 5.01. The van der Waals surface area contributed by atoms with Crippen LogP contribution in [0.2, 0.25) is 0 Å². The molecule has 0 bridgehead atoms. The number of benzene rings is 2. The van der Waals surface area contributed by atoms with E-state index in [1.165, 1.54) is 23.3 Å².